The van der Waals surface area contributed by atoms with Crippen LogP contribution in [0, 0.1) is 5.41 Å². The number of anilines is 1. The number of hydrogen-bond donors (Lipinski definition) is 1. The van der Waals surface area contributed by atoms with Crippen molar-refractivity contribution in [1.82, 2.24) is 5.32 Å². The maximum absolute atomic E-state index is 3.72. The number of para-hydroxylation sites is 1. The van der Waals surface area contributed by atoms with Crippen LogP contribution in [0.15, 0.2) is 30.3 Å². The van der Waals surface area contributed by atoms with Crippen molar-refractivity contribution in [2.45, 2.75) is 46.2 Å². The van der Waals surface area contributed by atoms with Gasteiger partial charge in [-0.15, -0.1) is 0 Å². The number of benzene rings is 1. The summed E-state index contributed by atoms with van der Waals surface area (Å²) in [5.74, 6) is 0. The lowest BCUT2D eigenvalue weighted by molar-refractivity contribution is 0.233. The van der Waals surface area contributed by atoms with Crippen molar-refractivity contribution in [2.75, 3.05) is 18.0 Å². The van der Waals surface area contributed by atoms with Gasteiger partial charge in [0.2, 0.25) is 0 Å². The van der Waals surface area contributed by atoms with Crippen molar-refractivity contribution in [1.29, 1.82) is 0 Å². The molecule has 0 spiro atoms. The van der Waals surface area contributed by atoms with Crippen LogP contribution < -0.4 is 10.2 Å². The van der Waals surface area contributed by atoms with Crippen LogP contribution in [0.3, 0.4) is 0 Å². The lowest BCUT2D eigenvalue weighted by Gasteiger charge is -2.46. The van der Waals surface area contributed by atoms with Crippen LogP contribution in [0.5, 0.6) is 0 Å². The van der Waals surface area contributed by atoms with E-state index in [1.807, 2.05) is 0 Å². The molecule has 0 amide bonds. The third-order valence-corrected chi connectivity index (χ3v) is 4.02. The lowest BCUT2D eigenvalue weighted by atomic mass is 9.84. The molecule has 0 bridgehead atoms. The summed E-state index contributed by atoms with van der Waals surface area (Å²) in [5.41, 5.74) is 1.67. The summed E-state index contributed by atoms with van der Waals surface area (Å²) in [5, 5.41) is 3.72. The second-order valence-corrected chi connectivity index (χ2v) is 6.38. The average molecular weight is 246 g/mol. The van der Waals surface area contributed by atoms with Gasteiger partial charge in [-0.3, -0.25) is 0 Å². The minimum absolute atomic E-state index is 0.311. The van der Waals surface area contributed by atoms with Gasteiger partial charge >= 0.3 is 0 Å². The summed E-state index contributed by atoms with van der Waals surface area (Å²) in [6, 6.07) is 12.0. The van der Waals surface area contributed by atoms with Crippen LogP contribution in [-0.2, 0) is 0 Å². The van der Waals surface area contributed by atoms with E-state index in [-0.39, 0.29) is 0 Å². The van der Waals surface area contributed by atoms with Gasteiger partial charge in [0.1, 0.15) is 0 Å². The van der Waals surface area contributed by atoms with Gasteiger partial charge in [0.05, 0.1) is 0 Å². The first-order chi connectivity index (χ1) is 8.52. The second-order valence-electron chi connectivity index (χ2n) is 6.38. The van der Waals surface area contributed by atoms with E-state index < -0.39 is 0 Å². The normalized spacial score (nSPS) is 25.2. The molecule has 1 fully saturated rings. The zero-order chi connectivity index (χ0) is 13.2. The Kier molecular flexibility index (Phi) is 3.96. The van der Waals surface area contributed by atoms with E-state index >= 15 is 0 Å². The van der Waals surface area contributed by atoms with Crippen LogP contribution in [0.1, 0.15) is 34.1 Å². The molecule has 1 aliphatic rings. The van der Waals surface area contributed by atoms with Gasteiger partial charge in [0.25, 0.3) is 0 Å². The number of hydrogen-bond acceptors (Lipinski definition) is 2. The van der Waals surface area contributed by atoms with Crippen LogP contribution in [0.2, 0.25) is 0 Å². The Bertz CT molecular complexity index is 366. The SMILES string of the molecule is CCC1CNC(C(C)(C)C)CN1c1ccccc1. The van der Waals surface area contributed by atoms with Crippen molar-refractivity contribution in [3.05, 3.63) is 30.3 Å². The largest absolute Gasteiger partial charge is 0.366 e. The highest BCUT2D eigenvalue weighted by atomic mass is 15.2. The fourth-order valence-electron chi connectivity index (χ4n) is 2.68. The van der Waals surface area contributed by atoms with E-state index in [1.165, 1.54) is 12.1 Å². The number of rotatable bonds is 2. The topological polar surface area (TPSA) is 15.3 Å². The summed E-state index contributed by atoms with van der Waals surface area (Å²) >= 11 is 0. The third kappa shape index (κ3) is 2.86. The smallest absolute Gasteiger partial charge is 0.0412 e. The minimum atomic E-state index is 0.311. The first kappa shape index (κ1) is 13.4. The predicted molar refractivity (Wildman–Crippen MR) is 79.1 cm³/mol. The van der Waals surface area contributed by atoms with Crippen LogP contribution in [0.25, 0.3) is 0 Å². The van der Waals surface area contributed by atoms with E-state index in [1.54, 1.807) is 0 Å². The number of nitrogens with zero attached hydrogens (tertiary/aromatic N) is 1. The number of piperazine rings is 1. The molecule has 0 saturated carbocycles. The Morgan fingerprint density at radius 3 is 2.44 bits per heavy atom. The zero-order valence-electron chi connectivity index (χ0n) is 12.1. The van der Waals surface area contributed by atoms with Crippen molar-refractivity contribution in [2.24, 2.45) is 5.41 Å². The molecule has 1 aromatic carbocycles. The van der Waals surface area contributed by atoms with E-state index in [0.717, 1.165) is 13.1 Å². The molecule has 18 heavy (non-hydrogen) atoms. The molecule has 2 heteroatoms. The molecular formula is C16H26N2. The molecule has 2 atom stereocenters. The number of nitrogens with one attached hydrogen (secondary N) is 1. The Morgan fingerprint density at radius 1 is 1.22 bits per heavy atom. The minimum Gasteiger partial charge on any atom is -0.366 e. The monoisotopic (exact) mass is 246 g/mol. The van der Waals surface area contributed by atoms with Crippen molar-refractivity contribution in [3.8, 4) is 0 Å². The molecule has 2 rings (SSSR count). The first-order valence-corrected chi connectivity index (χ1v) is 7.07. The molecule has 1 aliphatic heterocycles. The average Bonchev–Trinajstić information content (AvgIpc) is 2.38. The van der Waals surface area contributed by atoms with Crippen LogP contribution >= 0.6 is 0 Å². The van der Waals surface area contributed by atoms with Gasteiger partial charge in [-0.05, 0) is 24.0 Å². The van der Waals surface area contributed by atoms with Gasteiger partial charge in [0.15, 0.2) is 0 Å². The Balaban J connectivity index is 2.19. The van der Waals surface area contributed by atoms with E-state index in [9.17, 15) is 0 Å². The maximum atomic E-state index is 3.72. The standard InChI is InChI=1S/C16H26N2/c1-5-13-11-17-15(16(2,3)4)12-18(13)14-9-7-6-8-10-14/h6-10,13,15,17H,5,11-12H2,1-4H3. The zero-order valence-corrected chi connectivity index (χ0v) is 12.1. The highest BCUT2D eigenvalue weighted by Crippen LogP contribution is 2.27. The van der Waals surface area contributed by atoms with Crippen molar-refractivity contribution >= 4 is 5.69 Å². The molecule has 2 unspecified atom stereocenters. The second kappa shape index (κ2) is 5.31. The van der Waals surface area contributed by atoms with Gasteiger partial charge < -0.3 is 10.2 Å². The van der Waals surface area contributed by atoms with E-state index in [2.05, 4.69) is 68.2 Å². The predicted octanol–water partition coefficient (Wildman–Crippen LogP) is 3.29. The van der Waals surface area contributed by atoms with Gasteiger partial charge in [0, 0.05) is 30.9 Å². The molecule has 1 N–H and O–H groups in total. The van der Waals surface area contributed by atoms with Crippen LogP contribution in [0.4, 0.5) is 5.69 Å². The molecule has 1 saturated heterocycles. The Labute approximate surface area is 111 Å². The maximum Gasteiger partial charge on any atom is 0.0412 e. The summed E-state index contributed by atoms with van der Waals surface area (Å²) in [6.07, 6.45) is 1.19. The fourth-order valence-corrected chi connectivity index (χ4v) is 2.68. The summed E-state index contributed by atoms with van der Waals surface area (Å²) < 4.78 is 0. The van der Waals surface area contributed by atoms with Crippen molar-refractivity contribution in [3.63, 3.8) is 0 Å². The summed E-state index contributed by atoms with van der Waals surface area (Å²) in [6.45, 7) is 11.4. The molecular weight excluding hydrogens is 220 g/mol. The molecule has 0 aromatic heterocycles. The summed E-state index contributed by atoms with van der Waals surface area (Å²) in [7, 11) is 0. The quantitative estimate of drug-likeness (QED) is 0.861. The summed E-state index contributed by atoms with van der Waals surface area (Å²) in [4.78, 5) is 2.58. The Hall–Kier alpha value is -1.02. The first-order valence-electron chi connectivity index (χ1n) is 7.07. The fraction of sp³-hybridized carbons (Fsp3) is 0.625. The van der Waals surface area contributed by atoms with Gasteiger partial charge in [-0.1, -0.05) is 45.9 Å². The van der Waals surface area contributed by atoms with Gasteiger partial charge in [-0.2, -0.15) is 0 Å². The molecule has 0 radical (unpaired) electrons. The Morgan fingerprint density at radius 2 is 1.89 bits per heavy atom. The molecule has 2 nitrogen and oxygen atoms in total. The van der Waals surface area contributed by atoms with Crippen LogP contribution in [-0.4, -0.2) is 25.2 Å². The molecule has 0 aliphatic carbocycles. The van der Waals surface area contributed by atoms with Crippen molar-refractivity contribution < 1.29 is 0 Å². The third-order valence-electron chi connectivity index (χ3n) is 4.02. The van der Waals surface area contributed by atoms with E-state index in [4.69, 9.17) is 0 Å². The highest BCUT2D eigenvalue weighted by Gasteiger charge is 2.33. The molecule has 1 aromatic rings. The molecule has 100 valence electrons. The highest BCUT2D eigenvalue weighted by molar-refractivity contribution is 5.48. The molecule has 1 heterocycles. The van der Waals surface area contributed by atoms with E-state index in [0.29, 0.717) is 17.5 Å². The van der Waals surface area contributed by atoms with Gasteiger partial charge in [-0.25, -0.2) is 0 Å². The lowest BCUT2D eigenvalue weighted by Crippen LogP contribution is -2.60.